The number of nitrogens with one attached hydrogen (secondary N) is 1. The minimum absolute atomic E-state index is 0. The predicted octanol–water partition coefficient (Wildman–Crippen LogP) is 8.28. The van der Waals surface area contributed by atoms with E-state index >= 15 is 0 Å². The third-order valence-corrected chi connectivity index (χ3v) is 5.86. The molecule has 1 aromatic rings. The number of nitrogens with zero attached hydrogens (tertiary/aromatic N) is 1. The number of hydrogen-bond acceptors (Lipinski definition) is 2. The molecule has 0 aromatic heterocycles. The summed E-state index contributed by atoms with van der Waals surface area (Å²) >= 11 is 0. The molecule has 1 aliphatic heterocycles. The van der Waals surface area contributed by atoms with Crippen molar-refractivity contribution >= 4 is 17.2 Å². The molecule has 1 atom stereocenters. The first kappa shape index (κ1) is 28.6. The first-order valence-electron chi connectivity index (χ1n) is 12.7. The van der Waals surface area contributed by atoms with E-state index in [-0.39, 0.29) is 7.33 Å². The van der Waals surface area contributed by atoms with Crippen molar-refractivity contribution in [3.05, 3.63) is 70.9 Å². The van der Waals surface area contributed by atoms with Crippen molar-refractivity contribution in [2.24, 2.45) is 5.92 Å². The quantitative estimate of drug-likeness (QED) is 0.456. The Labute approximate surface area is 204 Å². The van der Waals surface area contributed by atoms with Crippen molar-refractivity contribution in [1.29, 1.82) is 0 Å². The fraction of sp³-hybridized carbons (Fsp3) is 0.500. The molecule has 3 rings (SSSR count). The van der Waals surface area contributed by atoms with E-state index < -0.39 is 0 Å². The zero-order chi connectivity index (χ0) is 24.8. The molecule has 1 N–H and O–H groups in total. The lowest BCUT2D eigenvalue weighted by molar-refractivity contribution is -0.112. The highest BCUT2D eigenvalue weighted by atomic mass is 16.1. The summed E-state index contributed by atoms with van der Waals surface area (Å²) in [6, 6.07) is 8.25. The average Bonchev–Trinajstić information content (AvgIpc) is 2.83. The van der Waals surface area contributed by atoms with Crippen LogP contribution in [0.25, 0.3) is 5.57 Å². The molecule has 0 spiro atoms. The molecule has 33 heavy (non-hydrogen) atoms. The van der Waals surface area contributed by atoms with Crippen molar-refractivity contribution in [1.82, 2.24) is 4.90 Å². The van der Waals surface area contributed by atoms with Crippen LogP contribution in [0.1, 0.15) is 81.1 Å². The van der Waals surface area contributed by atoms with E-state index in [1.165, 1.54) is 29.6 Å². The molecule has 1 aromatic carbocycles. The van der Waals surface area contributed by atoms with E-state index in [1.54, 1.807) is 0 Å². The maximum Gasteiger partial charge on any atom is 0.255 e. The van der Waals surface area contributed by atoms with Crippen molar-refractivity contribution in [3.8, 4) is 0 Å². The Bertz CT molecular complexity index is 856. The summed E-state index contributed by atoms with van der Waals surface area (Å²) in [5.74, 6) is 0.408. The number of hydrogen-bond donors (Lipinski definition) is 1. The number of carbonyl (C=O) groups is 1. The van der Waals surface area contributed by atoms with Gasteiger partial charge in [0.1, 0.15) is 0 Å². The number of anilines is 1. The maximum absolute atomic E-state index is 12.6. The van der Waals surface area contributed by atoms with Crippen LogP contribution in [0.15, 0.2) is 65.3 Å². The topological polar surface area (TPSA) is 32.3 Å². The Morgan fingerprint density at radius 1 is 1.12 bits per heavy atom. The van der Waals surface area contributed by atoms with Gasteiger partial charge in [0.05, 0.1) is 0 Å². The van der Waals surface area contributed by atoms with Crippen molar-refractivity contribution in [2.45, 2.75) is 74.1 Å². The largest absolute Gasteiger partial charge is 0.322 e. The standard InChI is InChI=1S/C22H28N2O.C6H12.C2H6.H2/c1-15-5-6-16(2)20(13-15)22(25)23-19-9-7-18(8-10-19)21-14-24(4)12-11-17(21)3;1-3-5-6-4-2;1-2;/h6-10,13,15H,5,11-12,14H2,1-4H3,(H,23,25);5-6H,3-4H2,1-2H3;1-2H3;1H/b;6-5-;;. The highest BCUT2D eigenvalue weighted by molar-refractivity contribution is 6.07. The lowest BCUT2D eigenvalue weighted by atomic mass is 9.92. The molecule has 0 radical (unpaired) electrons. The van der Waals surface area contributed by atoms with Crippen LogP contribution in [0.3, 0.4) is 0 Å². The molecule has 2 aliphatic rings. The fourth-order valence-corrected chi connectivity index (χ4v) is 3.83. The van der Waals surface area contributed by atoms with Crippen LogP contribution >= 0.6 is 0 Å². The van der Waals surface area contributed by atoms with Crippen molar-refractivity contribution in [2.75, 3.05) is 25.5 Å². The molecule has 0 fully saturated rings. The molecule has 0 saturated heterocycles. The second-order valence-corrected chi connectivity index (χ2v) is 8.75. The van der Waals surface area contributed by atoms with Crippen LogP contribution in [-0.2, 0) is 4.79 Å². The van der Waals surface area contributed by atoms with Gasteiger partial charge in [-0.2, -0.15) is 0 Å². The Balaban J connectivity index is 0.00000106. The lowest BCUT2D eigenvalue weighted by Gasteiger charge is -2.26. The Morgan fingerprint density at radius 2 is 1.73 bits per heavy atom. The summed E-state index contributed by atoms with van der Waals surface area (Å²) in [5.41, 5.74) is 6.85. The third-order valence-electron chi connectivity index (χ3n) is 5.86. The van der Waals surface area contributed by atoms with Gasteiger partial charge in [0.25, 0.3) is 5.91 Å². The van der Waals surface area contributed by atoms with Gasteiger partial charge in [-0.25, -0.2) is 0 Å². The summed E-state index contributed by atoms with van der Waals surface area (Å²) in [5, 5.41) is 3.04. The Kier molecular flexibility index (Phi) is 13.4. The minimum Gasteiger partial charge on any atom is -0.322 e. The van der Waals surface area contributed by atoms with Crippen LogP contribution in [0.5, 0.6) is 0 Å². The van der Waals surface area contributed by atoms with Gasteiger partial charge >= 0.3 is 0 Å². The summed E-state index contributed by atoms with van der Waals surface area (Å²) in [7, 11) is 2.16. The van der Waals surface area contributed by atoms with Gasteiger partial charge < -0.3 is 10.2 Å². The molecule has 184 valence electrons. The molecular weight excluding hydrogens is 404 g/mol. The highest BCUT2D eigenvalue weighted by Gasteiger charge is 2.18. The first-order valence-corrected chi connectivity index (χ1v) is 12.7. The van der Waals surface area contributed by atoms with Crippen LogP contribution in [0.4, 0.5) is 5.69 Å². The minimum atomic E-state index is -0.0131. The summed E-state index contributed by atoms with van der Waals surface area (Å²) in [6.07, 6.45) is 13.1. The summed E-state index contributed by atoms with van der Waals surface area (Å²) in [4.78, 5) is 14.9. The molecular formula is C30H48N2O. The third kappa shape index (κ3) is 9.55. The van der Waals surface area contributed by atoms with Crippen LogP contribution in [0.2, 0.25) is 0 Å². The summed E-state index contributed by atoms with van der Waals surface area (Å²) in [6.45, 7) is 16.8. The molecule has 3 nitrogen and oxygen atoms in total. The monoisotopic (exact) mass is 452 g/mol. The molecule has 3 heteroatoms. The summed E-state index contributed by atoms with van der Waals surface area (Å²) < 4.78 is 0. The molecule has 1 heterocycles. The van der Waals surface area contributed by atoms with Crippen LogP contribution in [0, 0.1) is 5.92 Å². The maximum atomic E-state index is 12.6. The van der Waals surface area contributed by atoms with E-state index in [4.69, 9.17) is 0 Å². The smallest absolute Gasteiger partial charge is 0.255 e. The van der Waals surface area contributed by atoms with Gasteiger partial charge in [-0.15, -0.1) is 0 Å². The fourth-order valence-electron chi connectivity index (χ4n) is 3.83. The normalized spacial score (nSPS) is 18.5. The number of benzene rings is 1. The highest BCUT2D eigenvalue weighted by Crippen LogP contribution is 2.27. The number of rotatable bonds is 5. The van der Waals surface area contributed by atoms with Gasteiger partial charge in [0, 0.05) is 25.8 Å². The van der Waals surface area contributed by atoms with Gasteiger partial charge in [-0.05, 0) is 81.3 Å². The van der Waals surface area contributed by atoms with E-state index in [9.17, 15) is 4.79 Å². The van der Waals surface area contributed by atoms with E-state index in [0.717, 1.165) is 42.8 Å². The molecule has 0 bridgehead atoms. The van der Waals surface area contributed by atoms with Gasteiger partial charge in [0.2, 0.25) is 0 Å². The molecule has 0 saturated carbocycles. The average molecular weight is 453 g/mol. The van der Waals surface area contributed by atoms with Gasteiger partial charge in [0.15, 0.2) is 0 Å². The van der Waals surface area contributed by atoms with E-state index in [1.807, 2.05) is 32.9 Å². The van der Waals surface area contributed by atoms with Crippen molar-refractivity contribution in [3.63, 3.8) is 0 Å². The number of amides is 1. The molecule has 1 aliphatic carbocycles. The van der Waals surface area contributed by atoms with E-state index in [0.29, 0.717) is 5.92 Å². The van der Waals surface area contributed by atoms with Crippen LogP contribution < -0.4 is 5.32 Å². The zero-order valence-corrected chi connectivity index (χ0v) is 22.3. The Morgan fingerprint density at radius 3 is 2.30 bits per heavy atom. The number of carbonyl (C=O) groups excluding carboxylic acids is 1. The second kappa shape index (κ2) is 15.4. The lowest BCUT2D eigenvalue weighted by Crippen LogP contribution is -2.26. The zero-order valence-electron chi connectivity index (χ0n) is 22.3. The Hall–Kier alpha value is -2.39. The number of allylic oxidation sites excluding steroid dienone is 4. The van der Waals surface area contributed by atoms with Crippen molar-refractivity contribution < 1.29 is 6.22 Å². The predicted molar refractivity (Wildman–Crippen MR) is 149 cm³/mol. The van der Waals surface area contributed by atoms with E-state index in [2.05, 4.69) is 81.4 Å². The van der Waals surface area contributed by atoms with Crippen LogP contribution in [-0.4, -0.2) is 30.9 Å². The SMILES string of the molecule is CC.CC/C=C\CC.CC1=CCC(C)C=C1C(=O)Nc1ccc(C2=C(C)CCN(C)C2)cc1.[HH]. The van der Waals surface area contributed by atoms with Gasteiger partial charge in [-0.1, -0.05) is 76.6 Å². The second-order valence-electron chi connectivity index (χ2n) is 8.75. The first-order chi connectivity index (χ1) is 15.8. The molecule has 1 amide bonds. The molecule has 1 unspecified atom stereocenters. The van der Waals surface area contributed by atoms with Gasteiger partial charge in [-0.3, -0.25) is 4.79 Å². The number of likely N-dealkylation sites (N-methyl/N-ethyl adjacent to an activating group) is 1.